The first kappa shape index (κ1) is 9.40. The Balaban J connectivity index is 2.64. The van der Waals surface area contributed by atoms with Crippen LogP contribution in [0.25, 0.3) is 0 Å². The second-order valence-electron chi connectivity index (χ2n) is 2.59. The number of ether oxygens (including phenoxy) is 1. The highest BCUT2D eigenvalue weighted by Gasteiger charge is 2.45. The molecule has 70 valence electrons. The van der Waals surface area contributed by atoms with E-state index < -0.39 is 37.0 Å². The van der Waals surface area contributed by atoms with Gasteiger partial charge in [-0.25, -0.2) is 4.79 Å². The lowest BCUT2D eigenvalue weighted by Crippen LogP contribution is -2.40. The molecule has 6 nitrogen and oxygen atoms in total. The molecule has 1 unspecified atom stereocenters. The summed E-state index contributed by atoms with van der Waals surface area (Å²) in [5, 5.41) is 35.3. The third-order valence-corrected chi connectivity index (χ3v) is 1.72. The molecule has 1 rings (SSSR count). The van der Waals surface area contributed by atoms with E-state index in [0.29, 0.717) is 0 Å². The molecule has 0 aromatic heterocycles. The summed E-state index contributed by atoms with van der Waals surface area (Å²) >= 11 is 0. The minimum absolute atomic E-state index is 0.637. The average molecular weight is 178 g/mol. The number of hydrogen-bond donors (Lipinski definition) is 4. The molecule has 12 heavy (non-hydrogen) atoms. The molecule has 1 heterocycles. The van der Waals surface area contributed by atoms with E-state index in [4.69, 9.17) is 20.4 Å². The van der Waals surface area contributed by atoms with Gasteiger partial charge in [-0.1, -0.05) is 0 Å². The van der Waals surface area contributed by atoms with Crippen molar-refractivity contribution in [3.63, 3.8) is 0 Å². The van der Waals surface area contributed by atoms with Gasteiger partial charge in [0.15, 0.2) is 12.2 Å². The number of aliphatic hydroxyl groups excluding tert-OH is 4. The van der Waals surface area contributed by atoms with Gasteiger partial charge in [0.2, 0.25) is 0 Å². The van der Waals surface area contributed by atoms with Gasteiger partial charge in [-0.3, -0.25) is 0 Å². The van der Waals surface area contributed by atoms with Crippen LogP contribution in [0.1, 0.15) is 0 Å². The topological polar surface area (TPSA) is 107 Å². The Labute approximate surface area is 68.0 Å². The van der Waals surface area contributed by atoms with Crippen LogP contribution in [0.3, 0.4) is 0 Å². The predicted molar refractivity (Wildman–Crippen MR) is 35.0 cm³/mol. The second kappa shape index (κ2) is 3.36. The Bertz CT molecular complexity index is 181. The predicted octanol–water partition coefficient (Wildman–Crippen LogP) is -3.01. The van der Waals surface area contributed by atoms with E-state index in [0.717, 1.165) is 0 Å². The largest absolute Gasteiger partial charge is 0.455 e. The molecule has 0 aromatic carbocycles. The fourth-order valence-corrected chi connectivity index (χ4v) is 1.00. The maximum atomic E-state index is 10.6. The number of rotatable bonds is 2. The number of esters is 1. The van der Waals surface area contributed by atoms with Crippen LogP contribution < -0.4 is 0 Å². The van der Waals surface area contributed by atoms with Crippen molar-refractivity contribution in [3.8, 4) is 0 Å². The second-order valence-corrected chi connectivity index (χ2v) is 2.59. The van der Waals surface area contributed by atoms with Gasteiger partial charge in [-0.15, -0.1) is 0 Å². The van der Waals surface area contributed by atoms with Crippen LogP contribution in [0.15, 0.2) is 0 Å². The smallest absolute Gasteiger partial charge is 0.338 e. The Hall–Kier alpha value is -0.690. The Morgan fingerprint density at radius 1 is 1.50 bits per heavy atom. The van der Waals surface area contributed by atoms with Crippen molar-refractivity contribution in [1.82, 2.24) is 0 Å². The molecule has 6 heteroatoms. The molecule has 0 radical (unpaired) electrons. The van der Waals surface area contributed by atoms with Crippen LogP contribution >= 0.6 is 0 Å². The van der Waals surface area contributed by atoms with Gasteiger partial charge >= 0.3 is 5.97 Å². The average Bonchev–Trinajstić information content (AvgIpc) is 2.32. The molecule has 0 aliphatic carbocycles. The lowest BCUT2D eigenvalue weighted by Gasteiger charge is -2.17. The summed E-state index contributed by atoms with van der Waals surface area (Å²) in [7, 11) is 0. The molecule has 0 bridgehead atoms. The summed E-state index contributed by atoms with van der Waals surface area (Å²) in [6.45, 7) is -0.637. The molecule has 0 saturated carbocycles. The Morgan fingerprint density at radius 3 is 2.42 bits per heavy atom. The van der Waals surface area contributed by atoms with E-state index in [-0.39, 0.29) is 0 Å². The molecule has 1 saturated heterocycles. The molecule has 1 aliphatic rings. The van der Waals surface area contributed by atoms with Crippen molar-refractivity contribution in [3.05, 3.63) is 0 Å². The van der Waals surface area contributed by atoms with Crippen molar-refractivity contribution in [2.75, 3.05) is 6.61 Å². The summed E-state index contributed by atoms with van der Waals surface area (Å²) in [6.07, 6.45) is -5.70. The van der Waals surface area contributed by atoms with Crippen LogP contribution in [0.5, 0.6) is 0 Å². The lowest BCUT2D eigenvalue weighted by molar-refractivity contribution is -0.151. The van der Waals surface area contributed by atoms with Gasteiger partial charge in [-0.05, 0) is 0 Å². The first-order valence-corrected chi connectivity index (χ1v) is 3.43. The Morgan fingerprint density at radius 2 is 2.08 bits per heavy atom. The fraction of sp³-hybridized carbons (Fsp3) is 0.833. The van der Waals surface area contributed by atoms with Crippen LogP contribution in [0, 0.1) is 0 Å². The molecule has 0 amide bonds. The minimum Gasteiger partial charge on any atom is -0.455 e. The summed E-state index contributed by atoms with van der Waals surface area (Å²) in [5.74, 6) is -0.986. The van der Waals surface area contributed by atoms with E-state index >= 15 is 0 Å². The highest BCUT2D eigenvalue weighted by Crippen LogP contribution is 2.18. The molecule has 0 aromatic rings. The highest BCUT2D eigenvalue weighted by molar-refractivity contribution is 5.77. The van der Waals surface area contributed by atoms with Crippen molar-refractivity contribution in [2.24, 2.45) is 0 Å². The molecule has 4 atom stereocenters. The van der Waals surface area contributed by atoms with Gasteiger partial charge in [-0.2, -0.15) is 0 Å². The van der Waals surface area contributed by atoms with Gasteiger partial charge in [0, 0.05) is 0 Å². The van der Waals surface area contributed by atoms with Crippen LogP contribution in [-0.4, -0.2) is 57.4 Å². The van der Waals surface area contributed by atoms with E-state index in [1.807, 2.05) is 0 Å². The van der Waals surface area contributed by atoms with Crippen LogP contribution in [0.4, 0.5) is 0 Å². The van der Waals surface area contributed by atoms with Crippen molar-refractivity contribution < 1.29 is 30.0 Å². The van der Waals surface area contributed by atoms with E-state index in [2.05, 4.69) is 4.74 Å². The molecular weight excluding hydrogens is 168 g/mol. The number of cyclic esters (lactones) is 1. The van der Waals surface area contributed by atoms with Crippen LogP contribution in [-0.2, 0) is 9.53 Å². The molecular formula is C6H10O6. The zero-order valence-corrected chi connectivity index (χ0v) is 6.12. The van der Waals surface area contributed by atoms with Crippen LogP contribution in [0.2, 0.25) is 0 Å². The van der Waals surface area contributed by atoms with E-state index in [1.54, 1.807) is 0 Å². The molecule has 0 spiro atoms. The number of aliphatic hydroxyl groups is 4. The van der Waals surface area contributed by atoms with Gasteiger partial charge in [0.25, 0.3) is 0 Å². The monoisotopic (exact) mass is 178 g/mol. The maximum Gasteiger partial charge on any atom is 0.338 e. The van der Waals surface area contributed by atoms with E-state index in [1.165, 1.54) is 0 Å². The number of hydrogen-bond acceptors (Lipinski definition) is 6. The first-order valence-electron chi connectivity index (χ1n) is 3.43. The quantitative estimate of drug-likeness (QED) is 0.335. The first-order chi connectivity index (χ1) is 5.57. The molecule has 1 fully saturated rings. The minimum atomic E-state index is -1.63. The summed E-state index contributed by atoms with van der Waals surface area (Å²) in [6, 6.07) is 0. The van der Waals surface area contributed by atoms with Crippen molar-refractivity contribution >= 4 is 5.97 Å². The number of carbonyl (C=O) groups excluding carboxylic acids is 1. The summed E-state index contributed by atoms with van der Waals surface area (Å²) in [4.78, 5) is 10.6. The van der Waals surface area contributed by atoms with E-state index in [9.17, 15) is 4.79 Å². The lowest BCUT2D eigenvalue weighted by atomic mass is 10.1. The van der Waals surface area contributed by atoms with Gasteiger partial charge in [0.1, 0.15) is 12.2 Å². The fourth-order valence-electron chi connectivity index (χ4n) is 1.00. The SMILES string of the molecule is O=C1OC([C@@H](O)CO)[C@@H](O)[C@H]1O. The zero-order chi connectivity index (χ0) is 9.30. The van der Waals surface area contributed by atoms with Crippen molar-refractivity contribution in [1.29, 1.82) is 0 Å². The third-order valence-electron chi connectivity index (χ3n) is 1.72. The normalized spacial score (nSPS) is 38.0. The number of carbonyl (C=O) groups is 1. The highest BCUT2D eigenvalue weighted by atomic mass is 16.6. The van der Waals surface area contributed by atoms with Gasteiger partial charge < -0.3 is 25.2 Å². The standard InChI is InChI=1S/C6H10O6/c7-1-2(8)5-3(9)4(10)6(11)12-5/h2-5,7-10H,1H2/t2-,3-,4+,5?/m0/s1. The summed E-state index contributed by atoms with van der Waals surface area (Å²) < 4.78 is 4.39. The van der Waals surface area contributed by atoms with Crippen molar-refractivity contribution in [2.45, 2.75) is 24.4 Å². The zero-order valence-electron chi connectivity index (χ0n) is 6.12. The molecule has 1 aliphatic heterocycles. The maximum absolute atomic E-state index is 10.6. The molecule has 4 N–H and O–H groups in total. The third kappa shape index (κ3) is 1.42. The van der Waals surface area contributed by atoms with Gasteiger partial charge in [0.05, 0.1) is 6.61 Å². The summed E-state index contributed by atoms with van der Waals surface area (Å²) in [5.41, 5.74) is 0. The Kier molecular flexibility index (Phi) is 2.63.